The number of hydrogen-bond donors (Lipinski definition) is 0. The predicted octanol–water partition coefficient (Wildman–Crippen LogP) is 3.79. The molecule has 4 nitrogen and oxygen atoms in total. The summed E-state index contributed by atoms with van der Waals surface area (Å²) in [4.78, 5) is 14.3. The number of para-hydroxylation sites is 1. The van der Waals surface area contributed by atoms with Gasteiger partial charge in [0.2, 0.25) is 5.91 Å². The van der Waals surface area contributed by atoms with Gasteiger partial charge in [-0.1, -0.05) is 24.3 Å². The van der Waals surface area contributed by atoms with E-state index < -0.39 is 0 Å². The Hall–Kier alpha value is -2.14. The summed E-state index contributed by atoms with van der Waals surface area (Å²) in [5, 5.41) is -0.116. The molecule has 120 valence electrons. The molecule has 0 N–H and O–H groups in total. The minimum Gasteiger partial charge on any atom is -0.493 e. The summed E-state index contributed by atoms with van der Waals surface area (Å²) in [6.07, 6.45) is 0. The highest BCUT2D eigenvalue weighted by Gasteiger charge is 2.36. The molecule has 0 aliphatic carbocycles. The van der Waals surface area contributed by atoms with Crippen LogP contribution in [0.25, 0.3) is 0 Å². The SMILES string of the molecule is COc1cccc([C@@H]2SCC(=O)N2c2cccc(C)c2)c1OC. The topological polar surface area (TPSA) is 38.8 Å². The molecule has 23 heavy (non-hydrogen) atoms. The van der Waals surface area contributed by atoms with Crippen LogP contribution in [0.15, 0.2) is 42.5 Å². The van der Waals surface area contributed by atoms with E-state index in [0.717, 1.165) is 16.8 Å². The lowest BCUT2D eigenvalue weighted by molar-refractivity contribution is -0.115. The Labute approximate surface area is 140 Å². The molecule has 3 rings (SSSR count). The lowest BCUT2D eigenvalue weighted by Gasteiger charge is -2.26. The Balaban J connectivity index is 2.07. The van der Waals surface area contributed by atoms with Gasteiger partial charge in [-0.2, -0.15) is 0 Å². The highest BCUT2D eigenvalue weighted by molar-refractivity contribution is 8.00. The van der Waals surface area contributed by atoms with E-state index in [4.69, 9.17) is 9.47 Å². The van der Waals surface area contributed by atoms with Crippen LogP contribution in [0.3, 0.4) is 0 Å². The number of carbonyl (C=O) groups excluding carboxylic acids is 1. The van der Waals surface area contributed by atoms with E-state index in [-0.39, 0.29) is 11.3 Å². The zero-order chi connectivity index (χ0) is 16.4. The van der Waals surface area contributed by atoms with Crippen molar-refractivity contribution in [1.29, 1.82) is 0 Å². The van der Waals surface area contributed by atoms with Gasteiger partial charge >= 0.3 is 0 Å². The number of amides is 1. The van der Waals surface area contributed by atoms with Gasteiger partial charge in [0, 0.05) is 11.3 Å². The molecule has 1 heterocycles. The molecule has 1 aliphatic rings. The van der Waals surface area contributed by atoms with Crippen molar-refractivity contribution in [3.63, 3.8) is 0 Å². The van der Waals surface area contributed by atoms with Gasteiger partial charge in [0.1, 0.15) is 5.37 Å². The van der Waals surface area contributed by atoms with E-state index in [1.54, 1.807) is 26.0 Å². The Bertz CT molecular complexity index is 732. The third-order valence-corrected chi connectivity index (χ3v) is 5.04. The largest absolute Gasteiger partial charge is 0.493 e. The second-order valence-corrected chi connectivity index (χ2v) is 6.42. The zero-order valence-electron chi connectivity index (χ0n) is 13.4. The van der Waals surface area contributed by atoms with Crippen LogP contribution in [0.5, 0.6) is 11.5 Å². The highest BCUT2D eigenvalue weighted by atomic mass is 32.2. The molecule has 5 heteroatoms. The van der Waals surface area contributed by atoms with Crippen LogP contribution in [-0.4, -0.2) is 25.9 Å². The van der Waals surface area contributed by atoms with Crippen LogP contribution in [0.2, 0.25) is 0 Å². The Kier molecular flexibility index (Phi) is 4.48. The predicted molar refractivity (Wildman–Crippen MR) is 93.4 cm³/mol. The quantitative estimate of drug-likeness (QED) is 0.855. The number of ether oxygens (including phenoxy) is 2. The van der Waals surface area contributed by atoms with Crippen LogP contribution >= 0.6 is 11.8 Å². The fourth-order valence-electron chi connectivity index (χ4n) is 2.82. The summed E-state index contributed by atoms with van der Waals surface area (Å²) < 4.78 is 10.9. The first kappa shape index (κ1) is 15.7. The molecule has 1 amide bonds. The van der Waals surface area contributed by atoms with Gasteiger partial charge in [0.05, 0.1) is 20.0 Å². The number of thioether (sulfide) groups is 1. The smallest absolute Gasteiger partial charge is 0.238 e. The number of methoxy groups -OCH3 is 2. The Morgan fingerprint density at radius 3 is 2.61 bits per heavy atom. The number of rotatable bonds is 4. The standard InChI is InChI=1S/C18H19NO3S/c1-12-6-4-7-13(10-12)19-16(20)11-23-18(19)14-8-5-9-15(21-2)17(14)22-3/h4-10,18H,11H2,1-3H3/t18-/m0/s1. The average Bonchev–Trinajstić information content (AvgIpc) is 2.95. The molecule has 1 aliphatic heterocycles. The Morgan fingerprint density at radius 2 is 1.91 bits per heavy atom. The van der Waals surface area contributed by atoms with Crippen LogP contribution in [0, 0.1) is 6.92 Å². The third-order valence-electron chi connectivity index (χ3n) is 3.85. The fourth-order valence-corrected chi connectivity index (χ4v) is 4.01. The number of nitrogens with zero attached hydrogens (tertiary/aromatic N) is 1. The first-order valence-electron chi connectivity index (χ1n) is 7.37. The number of carbonyl (C=O) groups is 1. The maximum Gasteiger partial charge on any atom is 0.238 e. The second kappa shape index (κ2) is 6.54. The van der Waals surface area contributed by atoms with Gasteiger partial charge in [-0.25, -0.2) is 0 Å². The number of aryl methyl sites for hydroxylation is 1. The maximum atomic E-state index is 12.5. The average molecular weight is 329 g/mol. The van der Waals surface area contributed by atoms with E-state index >= 15 is 0 Å². The molecular formula is C18H19NO3S. The van der Waals surface area contributed by atoms with Crippen LogP contribution in [-0.2, 0) is 4.79 Å². The van der Waals surface area contributed by atoms with Crippen LogP contribution in [0.4, 0.5) is 5.69 Å². The summed E-state index contributed by atoms with van der Waals surface area (Å²) >= 11 is 1.60. The fraction of sp³-hybridized carbons (Fsp3) is 0.278. The third kappa shape index (κ3) is 2.88. The number of benzene rings is 2. The summed E-state index contributed by atoms with van der Waals surface area (Å²) in [5.41, 5.74) is 2.99. The molecule has 0 saturated carbocycles. The van der Waals surface area contributed by atoms with Crippen molar-refractivity contribution in [3.05, 3.63) is 53.6 Å². The van der Waals surface area contributed by atoms with Gasteiger partial charge in [-0.05, 0) is 30.7 Å². The van der Waals surface area contributed by atoms with Crippen LogP contribution in [0.1, 0.15) is 16.5 Å². The van der Waals surface area contributed by atoms with Crippen molar-refractivity contribution in [3.8, 4) is 11.5 Å². The van der Waals surface area contributed by atoms with E-state index in [0.29, 0.717) is 17.3 Å². The van der Waals surface area contributed by atoms with Crippen molar-refractivity contribution < 1.29 is 14.3 Å². The van der Waals surface area contributed by atoms with Crippen molar-refractivity contribution in [1.82, 2.24) is 0 Å². The van der Waals surface area contributed by atoms with Gasteiger partial charge in [-0.3, -0.25) is 9.69 Å². The molecule has 1 saturated heterocycles. The van der Waals surface area contributed by atoms with Crippen molar-refractivity contribution in [2.24, 2.45) is 0 Å². The highest BCUT2D eigenvalue weighted by Crippen LogP contribution is 2.47. The van der Waals surface area contributed by atoms with Gasteiger partial charge in [0.15, 0.2) is 11.5 Å². The summed E-state index contributed by atoms with van der Waals surface area (Å²) in [7, 11) is 3.24. The molecule has 2 aromatic rings. The number of anilines is 1. The van der Waals surface area contributed by atoms with E-state index in [1.807, 2.05) is 54.3 Å². The molecule has 0 unspecified atom stereocenters. The molecule has 0 bridgehead atoms. The van der Waals surface area contributed by atoms with Crippen molar-refractivity contribution in [2.75, 3.05) is 24.9 Å². The van der Waals surface area contributed by atoms with Gasteiger partial charge in [0.25, 0.3) is 0 Å². The van der Waals surface area contributed by atoms with Crippen molar-refractivity contribution in [2.45, 2.75) is 12.3 Å². The monoisotopic (exact) mass is 329 g/mol. The first-order chi connectivity index (χ1) is 11.2. The van der Waals surface area contributed by atoms with Crippen molar-refractivity contribution >= 4 is 23.4 Å². The summed E-state index contributed by atoms with van der Waals surface area (Å²) in [6, 6.07) is 13.8. The molecule has 0 aromatic heterocycles. The lowest BCUT2D eigenvalue weighted by Crippen LogP contribution is -2.28. The molecule has 1 atom stereocenters. The summed E-state index contributed by atoms with van der Waals surface area (Å²) in [6.45, 7) is 2.03. The van der Waals surface area contributed by atoms with E-state index in [1.165, 1.54) is 0 Å². The maximum absolute atomic E-state index is 12.5. The Morgan fingerprint density at radius 1 is 1.13 bits per heavy atom. The van der Waals surface area contributed by atoms with E-state index in [9.17, 15) is 4.79 Å². The molecular weight excluding hydrogens is 310 g/mol. The van der Waals surface area contributed by atoms with E-state index in [2.05, 4.69) is 0 Å². The second-order valence-electron chi connectivity index (χ2n) is 5.35. The van der Waals surface area contributed by atoms with Gasteiger partial charge < -0.3 is 9.47 Å². The van der Waals surface area contributed by atoms with Gasteiger partial charge in [-0.15, -0.1) is 11.8 Å². The molecule has 0 radical (unpaired) electrons. The molecule has 0 spiro atoms. The first-order valence-corrected chi connectivity index (χ1v) is 8.42. The van der Waals surface area contributed by atoms with Crippen LogP contribution < -0.4 is 14.4 Å². The number of hydrogen-bond acceptors (Lipinski definition) is 4. The molecule has 2 aromatic carbocycles. The minimum atomic E-state index is -0.116. The lowest BCUT2D eigenvalue weighted by atomic mass is 10.1. The zero-order valence-corrected chi connectivity index (χ0v) is 14.2. The molecule has 1 fully saturated rings. The normalized spacial score (nSPS) is 17.4. The minimum absolute atomic E-state index is 0.107. The summed E-state index contributed by atoms with van der Waals surface area (Å²) in [5.74, 6) is 1.92.